The van der Waals surface area contributed by atoms with Crippen LogP contribution in [0.4, 0.5) is 5.69 Å². The van der Waals surface area contributed by atoms with E-state index in [2.05, 4.69) is 4.99 Å². The van der Waals surface area contributed by atoms with Crippen LogP contribution in [-0.2, 0) is 4.74 Å². The minimum Gasteiger partial charge on any atom is -0.494 e. The number of carbonyl (C=O) groups excluding carboxylic acids is 1. The molecular weight excluding hydrogens is 258 g/mol. The van der Waals surface area contributed by atoms with Crippen molar-refractivity contribution in [1.29, 1.82) is 0 Å². The van der Waals surface area contributed by atoms with Gasteiger partial charge in [0.1, 0.15) is 11.5 Å². The average Bonchev–Trinajstić information content (AvgIpc) is 2.42. The number of ether oxygens (including phenoxy) is 3. The molecule has 0 radical (unpaired) electrons. The Morgan fingerprint density at radius 1 is 1.10 bits per heavy atom. The number of Topliss-reactive ketones (excluding diaryl/α,β-unsaturated/α-hetero) is 1. The number of hydrogen-bond acceptors (Lipinski definition) is 5. The predicted molar refractivity (Wildman–Crippen MR) is 76.7 cm³/mol. The molecule has 1 aromatic rings. The molecule has 0 spiro atoms. The summed E-state index contributed by atoms with van der Waals surface area (Å²) in [5.74, 6) is 1.03. The summed E-state index contributed by atoms with van der Waals surface area (Å²) in [7, 11) is 0. The molecule has 20 heavy (non-hydrogen) atoms. The zero-order valence-electron chi connectivity index (χ0n) is 12.0. The third-order valence-corrected chi connectivity index (χ3v) is 2.87. The molecule has 0 fully saturated rings. The first-order chi connectivity index (χ1) is 9.71. The van der Waals surface area contributed by atoms with Gasteiger partial charge in [-0.2, -0.15) is 0 Å². The number of hydrogen-bond donors (Lipinski definition) is 0. The highest BCUT2D eigenvalue weighted by Crippen LogP contribution is 2.37. The average molecular weight is 277 g/mol. The van der Waals surface area contributed by atoms with Crippen LogP contribution in [0.5, 0.6) is 11.5 Å². The maximum absolute atomic E-state index is 12.4. The van der Waals surface area contributed by atoms with Crippen LogP contribution < -0.4 is 9.47 Å². The lowest BCUT2D eigenvalue weighted by Crippen LogP contribution is -2.29. The molecule has 1 aliphatic heterocycles. The van der Waals surface area contributed by atoms with Gasteiger partial charge in [-0.3, -0.25) is 9.79 Å². The van der Waals surface area contributed by atoms with E-state index in [-0.39, 0.29) is 5.78 Å². The Bertz CT molecular complexity index is 525. The topological polar surface area (TPSA) is 57.1 Å². The van der Waals surface area contributed by atoms with Crippen molar-refractivity contribution in [2.45, 2.75) is 26.9 Å². The predicted octanol–water partition coefficient (Wildman–Crippen LogP) is 2.79. The molecule has 0 amide bonds. The van der Waals surface area contributed by atoms with E-state index < -0.39 is 6.10 Å². The van der Waals surface area contributed by atoms with Crippen molar-refractivity contribution in [3.05, 3.63) is 17.7 Å². The van der Waals surface area contributed by atoms with Gasteiger partial charge in [0, 0.05) is 25.0 Å². The molecule has 108 valence electrons. The summed E-state index contributed by atoms with van der Waals surface area (Å²) in [5.41, 5.74) is 1.04. The van der Waals surface area contributed by atoms with Crippen LogP contribution in [0, 0.1) is 0 Å². The van der Waals surface area contributed by atoms with Gasteiger partial charge in [0.25, 0.3) is 0 Å². The molecular formula is C15H19NO4. The summed E-state index contributed by atoms with van der Waals surface area (Å²) >= 11 is 0. The largest absolute Gasteiger partial charge is 0.494 e. The normalized spacial score (nSPS) is 16.9. The molecule has 5 heteroatoms. The first-order valence-electron chi connectivity index (χ1n) is 6.84. The molecule has 1 heterocycles. The lowest BCUT2D eigenvalue weighted by atomic mass is 10.0. The van der Waals surface area contributed by atoms with Gasteiger partial charge in [0.2, 0.25) is 5.78 Å². The van der Waals surface area contributed by atoms with E-state index in [9.17, 15) is 4.79 Å². The molecule has 1 aromatic carbocycles. The van der Waals surface area contributed by atoms with Crippen LogP contribution in [0.3, 0.4) is 0 Å². The summed E-state index contributed by atoms with van der Waals surface area (Å²) in [6.07, 6.45) is 0.893. The van der Waals surface area contributed by atoms with E-state index in [1.54, 1.807) is 12.1 Å². The highest BCUT2D eigenvalue weighted by atomic mass is 16.5. The number of nitrogens with zero attached hydrogens (tertiary/aromatic N) is 1. The van der Waals surface area contributed by atoms with Crippen molar-refractivity contribution in [3.63, 3.8) is 0 Å². The van der Waals surface area contributed by atoms with Crippen molar-refractivity contribution < 1.29 is 19.0 Å². The van der Waals surface area contributed by atoms with E-state index in [1.807, 2.05) is 20.8 Å². The standard InChI is InChI=1S/C15H19NO4/c1-4-18-10-7-11-14(12(8-10)19-5-2)15(17)13(9-16-11)20-6-3/h7-9,13H,4-6H2,1-3H3. The third-order valence-electron chi connectivity index (χ3n) is 2.87. The van der Waals surface area contributed by atoms with Gasteiger partial charge < -0.3 is 14.2 Å². The number of carbonyl (C=O) groups is 1. The third kappa shape index (κ3) is 2.82. The summed E-state index contributed by atoms with van der Waals surface area (Å²) < 4.78 is 16.4. The summed E-state index contributed by atoms with van der Waals surface area (Å²) in [6, 6.07) is 3.48. The molecule has 1 unspecified atom stereocenters. The van der Waals surface area contributed by atoms with Crippen molar-refractivity contribution in [2.75, 3.05) is 19.8 Å². The quantitative estimate of drug-likeness (QED) is 0.802. The Kier molecular flexibility index (Phi) is 4.74. The Hall–Kier alpha value is -1.88. The second kappa shape index (κ2) is 6.52. The van der Waals surface area contributed by atoms with Crippen molar-refractivity contribution in [2.24, 2.45) is 4.99 Å². The van der Waals surface area contributed by atoms with E-state index in [0.717, 1.165) is 0 Å². The fourth-order valence-electron chi connectivity index (χ4n) is 2.10. The maximum Gasteiger partial charge on any atom is 0.202 e. The lowest BCUT2D eigenvalue weighted by molar-refractivity contribution is 0.0660. The zero-order valence-corrected chi connectivity index (χ0v) is 12.0. The van der Waals surface area contributed by atoms with Gasteiger partial charge in [-0.15, -0.1) is 0 Å². The zero-order chi connectivity index (χ0) is 14.5. The van der Waals surface area contributed by atoms with E-state index in [1.165, 1.54) is 6.21 Å². The number of benzene rings is 1. The van der Waals surface area contributed by atoms with Crippen molar-refractivity contribution in [3.8, 4) is 11.5 Å². The minimum atomic E-state index is -0.635. The Balaban J connectivity index is 2.45. The second-order valence-electron chi connectivity index (χ2n) is 4.20. The van der Waals surface area contributed by atoms with Crippen LogP contribution in [-0.4, -0.2) is 37.9 Å². The number of rotatable bonds is 6. The Morgan fingerprint density at radius 2 is 1.85 bits per heavy atom. The Labute approximate surface area is 118 Å². The molecule has 2 rings (SSSR count). The van der Waals surface area contributed by atoms with Gasteiger partial charge in [-0.25, -0.2) is 0 Å². The van der Waals surface area contributed by atoms with Crippen LogP contribution in [0.1, 0.15) is 31.1 Å². The molecule has 0 saturated heterocycles. The van der Waals surface area contributed by atoms with Crippen molar-refractivity contribution in [1.82, 2.24) is 0 Å². The van der Waals surface area contributed by atoms with Gasteiger partial charge >= 0.3 is 0 Å². The maximum atomic E-state index is 12.4. The SMILES string of the molecule is CCOc1cc2c(c(OCC)c1)C(=O)C(OCC)C=N2. The van der Waals surface area contributed by atoms with E-state index in [4.69, 9.17) is 14.2 Å². The molecule has 0 saturated carbocycles. The van der Waals surface area contributed by atoms with Gasteiger partial charge in [-0.05, 0) is 20.8 Å². The monoisotopic (exact) mass is 277 g/mol. The molecule has 5 nitrogen and oxygen atoms in total. The molecule has 0 N–H and O–H groups in total. The second-order valence-corrected chi connectivity index (χ2v) is 4.20. The van der Waals surface area contributed by atoms with Gasteiger partial charge in [-0.1, -0.05) is 0 Å². The molecule has 0 aliphatic carbocycles. The summed E-state index contributed by atoms with van der Waals surface area (Å²) in [6.45, 7) is 7.09. The van der Waals surface area contributed by atoms with Crippen LogP contribution >= 0.6 is 0 Å². The molecule has 0 aromatic heterocycles. The van der Waals surface area contributed by atoms with Crippen LogP contribution in [0.25, 0.3) is 0 Å². The number of aliphatic imine (C=N–C) groups is 1. The molecule has 1 aliphatic rings. The summed E-state index contributed by atoms with van der Waals surface area (Å²) in [4.78, 5) is 16.7. The van der Waals surface area contributed by atoms with E-state index in [0.29, 0.717) is 42.6 Å². The fourth-order valence-corrected chi connectivity index (χ4v) is 2.10. The van der Waals surface area contributed by atoms with Crippen molar-refractivity contribution >= 4 is 17.7 Å². The molecule has 1 atom stereocenters. The smallest absolute Gasteiger partial charge is 0.202 e. The van der Waals surface area contributed by atoms with Gasteiger partial charge in [0.15, 0.2) is 6.10 Å². The Morgan fingerprint density at radius 3 is 2.50 bits per heavy atom. The minimum absolute atomic E-state index is 0.122. The van der Waals surface area contributed by atoms with Gasteiger partial charge in [0.05, 0.1) is 24.5 Å². The summed E-state index contributed by atoms with van der Waals surface area (Å²) in [5, 5.41) is 0. The van der Waals surface area contributed by atoms with Crippen LogP contribution in [0.2, 0.25) is 0 Å². The fraction of sp³-hybridized carbons (Fsp3) is 0.467. The first kappa shape index (κ1) is 14.5. The lowest BCUT2D eigenvalue weighted by Gasteiger charge is -2.20. The molecule has 0 bridgehead atoms. The highest BCUT2D eigenvalue weighted by molar-refractivity contribution is 6.16. The van der Waals surface area contributed by atoms with Crippen LogP contribution in [0.15, 0.2) is 17.1 Å². The first-order valence-corrected chi connectivity index (χ1v) is 6.84. The highest BCUT2D eigenvalue weighted by Gasteiger charge is 2.29. The number of ketones is 1. The van der Waals surface area contributed by atoms with E-state index >= 15 is 0 Å². The number of fused-ring (bicyclic) bond motifs is 1.